The number of hydrogen-bond donors (Lipinski definition) is 1. The molecule has 0 radical (unpaired) electrons. The first-order valence-corrected chi connectivity index (χ1v) is 8.32. The van der Waals surface area contributed by atoms with Gasteiger partial charge in [0, 0.05) is 43.8 Å². The molecular formula is C17H28ClN3. The number of benzene rings is 1. The lowest BCUT2D eigenvalue weighted by molar-refractivity contribution is 0.138. The Morgan fingerprint density at radius 3 is 2.33 bits per heavy atom. The van der Waals surface area contributed by atoms with E-state index in [1.807, 2.05) is 12.1 Å². The zero-order valence-electron chi connectivity index (χ0n) is 13.5. The highest BCUT2D eigenvalue weighted by Gasteiger charge is 2.16. The van der Waals surface area contributed by atoms with Crippen molar-refractivity contribution in [3.8, 4) is 0 Å². The first-order chi connectivity index (χ1) is 10.0. The fourth-order valence-electron chi connectivity index (χ4n) is 2.78. The number of nitrogens with zero attached hydrogens (tertiary/aromatic N) is 2. The van der Waals surface area contributed by atoms with E-state index in [0.717, 1.165) is 11.6 Å². The van der Waals surface area contributed by atoms with Gasteiger partial charge in [0.05, 0.1) is 0 Å². The maximum atomic E-state index is 5.93. The van der Waals surface area contributed by atoms with E-state index < -0.39 is 0 Å². The Morgan fingerprint density at radius 1 is 1.10 bits per heavy atom. The Bertz CT molecular complexity index is 413. The van der Waals surface area contributed by atoms with E-state index in [1.165, 1.54) is 38.3 Å². The smallest absolute Gasteiger partial charge is 0.0406 e. The second kappa shape index (κ2) is 8.14. The Morgan fingerprint density at radius 2 is 1.71 bits per heavy atom. The first kappa shape index (κ1) is 16.8. The molecule has 2 rings (SSSR count). The molecule has 1 aliphatic rings. The van der Waals surface area contributed by atoms with E-state index in [9.17, 15) is 0 Å². The minimum Gasteiger partial charge on any atom is -0.310 e. The van der Waals surface area contributed by atoms with Crippen molar-refractivity contribution in [2.75, 3.05) is 46.3 Å². The second-order valence-electron chi connectivity index (χ2n) is 6.39. The van der Waals surface area contributed by atoms with Gasteiger partial charge in [0.15, 0.2) is 0 Å². The zero-order valence-corrected chi connectivity index (χ0v) is 14.2. The molecule has 1 aliphatic heterocycles. The minimum absolute atomic E-state index is 0.372. The van der Waals surface area contributed by atoms with Crippen molar-refractivity contribution in [3.05, 3.63) is 34.9 Å². The summed E-state index contributed by atoms with van der Waals surface area (Å²) in [4.78, 5) is 4.99. The average molecular weight is 310 g/mol. The van der Waals surface area contributed by atoms with Crippen molar-refractivity contribution in [1.82, 2.24) is 15.1 Å². The van der Waals surface area contributed by atoms with Crippen LogP contribution in [0, 0.1) is 5.92 Å². The quantitative estimate of drug-likeness (QED) is 0.872. The molecule has 0 aliphatic carbocycles. The van der Waals surface area contributed by atoms with Crippen LogP contribution in [-0.2, 0) is 0 Å². The third-order valence-electron chi connectivity index (χ3n) is 4.31. The van der Waals surface area contributed by atoms with Crippen molar-refractivity contribution in [3.63, 3.8) is 0 Å². The molecule has 0 unspecified atom stereocenters. The summed E-state index contributed by atoms with van der Waals surface area (Å²) < 4.78 is 0. The molecule has 1 fully saturated rings. The molecule has 118 valence electrons. The molecule has 1 saturated heterocycles. The predicted octanol–water partition coefficient (Wildman–Crippen LogP) is 2.87. The highest BCUT2D eigenvalue weighted by atomic mass is 35.5. The van der Waals surface area contributed by atoms with E-state index >= 15 is 0 Å². The largest absolute Gasteiger partial charge is 0.310 e. The number of nitrogens with one attached hydrogen (secondary N) is 1. The van der Waals surface area contributed by atoms with Crippen molar-refractivity contribution in [1.29, 1.82) is 0 Å². The maximum absolute atomic E-state index is 5.93. The summed E-state index contributed by atoms with van der Waals surface area (Å²) >= 11 is 5.93. The van der Waals surface area contributed by atoms with Gasteiger partial charge in [0.1, 0.15) is 0 Å². The van der Waals surface area contributed by atoms with Crippen molar-refractivity contribution >= 4 is 11.6 Å². The Balaban J connectivity index is 1.70. The van der Waals surface area contributed by atoms with Crippen molar-refractivity contribution in [2.24, 2.45) is 5.92 Å². The van der Waals surface area contributed by atoms with Crippen LogP contribution in [0.25, 0.3) is 0 Å². The molecule has 2 atom stereocenters. The lowest BCUT2D eigenvalue weighted by Crippen LogP contribution is -2.46. The summed E-state index contributed by atoms with van der Waals surface area (Å²) in [7, 11) is 2.20. The molecule has 0 bridgehead atoms. The van der Waals surface area contributed by atoms with Crippen molar-refractivity contribution in [2.45, 2.75) is 19.9 Å². The molecule has 0 spiro atoms. The lowest BCUT2D eigenvalue weighted by Gasteiger charge is -2.34. The highest BCUT2D eigenvalue weighted by Crippen LogP contribution is 2.16. The summed E-state index contributed by atoms with van der Waals surface area (Å²) in [6.45, 7) is 11.6. The van der Waals surface area contributed by atoms with Gasteiger partial charge < -0.3 is 15.1 Å². The van der Waals surface area contributed by atoms with Crippen LogP contribution < -0.4 is 5.32 Å². The fourth-order valence-corrected chi connectivity index (χ4v) is 2.91. The molecule has 1 aromatic carbocycles. The van der Waals surface area contributed by atoms with Crippen LogP contribution in [0.4, 0.5) is 0 Å². The van der Waals surface area contributed by atoms with Gasteiger partial charge in [-0.3, -0.25) is 0 Å². The molecule has 1 N–H and O–H groups in total. The van der Waals surface area contributed by atoms with Crippen molar-refractivity contribution < 1.29 is 0 Å². The normalized spacial score (nSPS) is 20.4. The molecule has 4 heteroatoms. The summed E-state index contributed by atoms with van der Waals surface area (Å²) in [6, 6.07) is 8.50. The summed E-state index contributed by atoms with van der Waals surface area (Å²) in [6.07, 6.45) is 0. The zero-order chi connectivity index (χ0) is 15.2. The third kappa shape index (κ3) is 5.59. The SMILES string of the molecule is C[C@H](CN[C@@H](C)c1ccc(Cl)cc1)CN1CCN(C)CC1. The number of hydrogen-bond acceptors (Lipinski definition) is 3. The summed E-state index contributed by atoms with van der Waals surface area (Å²) in [5.41, 5.74) is 1.30. The molecule has 1 heterocycles. The van der Waals surface area contributed by atoms with E-state index in [0.29, 0.717) is 12.0 Å². The number of piperazine rings is 1. The highest BCUT2D eigenvalue weighted by molar-refractivity contribution is 6.30. The van der Waals surface area contributed by atoms with Gasteiger partial charge in [-0.2, -0.15) is 0 Å². The molecule has 0 saturated carbocycles. The second-order valence-corrected chi connectivity index (χ2v) is 6.83. The molecular weight excluding hydrogens is 282 g/mol. The van der Waals surface area contributed by atoms with Crippen LogP contribution >= 0.6 is 11.6 Å². The molecule has 0 aromatic heterocycles. The maximum Gasteiger partial charge on any atom is 0.0406 e. The molecule has 1 aromatic rings. The molecule has 3 nitrogen and oxygen atoms in total. The van der Waals surface area contributed by atoms with Crippen LogP contribution in [0.5, 0.6) is 0 Å². The number of halogens is 1. The number of likely N-dealkylation sites (N-methyl/N-ethyl adjacent to an activating group) is 1. The first-order valence-electron chi connectivity index (χ1n) is 7.94. The molecule has 0 amide bonds. The summed E-state index contributed by atoms with van der Waals surface area (Å²) in [5.74, 6) is 0.670. The van der Waals surface area contributed by atoms with E-state index in [2.05, 4.69) is 48.1 Å². The van der Waals surface area contributed by atoms with Crippen LogP contribution in [0.2, 0.25) is 5.02 Å². The standard InChI is InChI=1S/C17H28ClN3/c1-14(13-21-10-8-20(3)9-11-21)12-19-15(2)16-4-6-17(18)7-5-16/h4-7,14-15,19H,8-13H2,1-3H3/t14-,15+/m1/s1. The van der Waals surface area contributed by atoms with Crippen LogP contribution in [0.1, 0.15) is 25.5 Å². The Kier molecular flexibility index (Phi) is 6.49. The van der Waals surface area contributed by atoms with E-state index in [4.69, 9.17) is 11.6 Å². The van der Waals surface area contributed by atoms with Crippen LogP contribution in [-0.4, -0.2) is 56.1 Å². The Hall–Kier alpha value is -0.610. The topological polar surface area (TPSA) is 18.5 Å². The van der Waals surface area contributed by atoms with Gasteiger partial charge in [-0.15, -0.1) is 0 Å². The van der Waals surface area contributed by atoms with E-state index in [1.54, 1.807) is 0 Å². The van der Waals surface area contributed by atoms with Gasteiger partial charge >= 0.3 is 0 Å². The van der Waals surface area contributed by atoms with Gasteiger partial charge in [-0.1, -0.05) is 30.7 Å². The minimum atomic E-state index is 0.372. The van der Waals surface area contributed by atoms with Gasteiger partial charge in [0.2, 0.25) is 0 Å². The predicted molar refractivity (Wildman–Crippen MR) is 91.0 cm³/mol. The van der Waals surface area contributed by atoms with Crippen LogP contribution in [0.15, 0.2) is 24.3 Å². The monoisotopic (exact) mass is 309 g/mol. The lowest BCUT2D eigenvalue weighted by atomic mass is 10.1. The summed E-state index contributed by atoms with van der Waals surface area (Å²) in [5, 5.41) is 4.44. The number of rotatable bonds is 6. The fraction of sp³-hybridized carbons (Fsp3) is 0.647. The van der Waals surface area contributed by atoms with Crippen LogP contribution in [0.3, 0.4) is 0 Å². The van der Waals surface area contributed by atoms with Gasteiger partial charge in [-0.05, 0) is 44.1 Å². The third-order valence-corrected chi connectivity index (χ3v) is 4.56. The van der Waals surface area contributed by atoms with E-state index in [-0.39, 0.29) is 0 Å². The molecule has 21 heavy (non-hydrogen) atoms. The average Bonchev–Trinajstić information content (AvgIpc) is 2.48. The van der Waals surface area contributed by atoms with Gasteiger partial charge in [-0.25, -0.2) is 0 Å². The van der Waals surface area contributed by atoms with Gasteiger partial charge in [0.25, 0.3) is 0 Å². The Labute approximate surface area is 134 Å².